The molecule has 0 radical (unpaired) electrons. The topological polar surface area (TPSA) is 50.7 Å². The van der Waals surface area contributed by atoms with E-state index in [4.69, 9.17) is 0 Å². The number of hydrogen-bond acceptors (Lipinski definition) is 5. The monoisotopic (exact) mass is 260 g/mol. The molecular formula is C13H16N4S. The minimum atomic E-state index is 0.920. The normalized spacial score (nSPS) is 10.3. The number of pyridine rings is 1. The zero-order chi connectivity index (χ0) is 12.8. The van der Waals surface area contributed by atoms with E-state index in [0.29, 0.717) is 0 Å². The fourth-order valence-electron chi connectivity index (χ4n) is 1.48. The van der Waals surface area contributed by atoms with Gasteiger partial charge in [0.05, 0.1) is 0 Å². The maximum absolute atomic E-state index is 4.33. The largest absolute Gasteiger partial charge is 0.370 e. The third-order valence-electron chi connectivity index (χ3n) is 2.44. The van der Waals surface area contributed by atoms with Crippen molar-refractivity contribution in [3.05, 3.63) is 36.4 Å². The van der Waals surface area contributed by atoms with Gasteiger partial charge in [0.25, 0.3) is 0 Å². The molecule has 5 heteroatoms. The van der Waals surface area contributed by atoms with Crippen LogP contribution in [0.3, 0.4) is 0 Å². The van der Waals surface area contributed by atoms with Gasteiger partial charge in [-0.05, 0) is 25.5 Å². The van der Waals surface area contributed by atoms with Crippen molar-refractivity contribution in [1.82, 2.24) is 15.0 Å². The number of aromatic nitrogens is 3. The highest BCUT2D eigenvalue weighted by atomic mass is 32.2. The van der Waals surface area contributed by atoms with Crippen molar-refractivity contribution in [1.29, 1.82) is 0 Å². The van der Waals surface area contributed by atoms with Gasteiger partial charge in [-0.1, -0.05) is 18.7 Å². The van der Waals surface area contributed by atoms with Gasteiger partial charge in [-0.25, -0.2) is 9.97 Å². The Morgan fingerprint density at radius 3 is 2.72 bits per heavy atom. The number of anilines is 1. The van der Waals surface area contributed by atoms with E-state index in [1.807, 2.05) is 19.1 Å². The van der Waals surface area contributed by atoms with Crippen LogP contribution < -0.4 is 5.32 Å². The van der Waals surface area contributed by atoms with E-state index in [0.717, 1.165) is 34.3 Å². The zero-order valence-electron chi connectivity index (χ0n) is 10.6. The summed E-state index contributed by atoms with van der Waals surface area (Å²) in [6.45, 7) is 5.11. The van der Waals surface area contributed by atoms with Gasteiger partial charge < -0.3 is 5.32 Å². The lowest BCUT2D eigenvalue weighted by molar-refractivity contribution is 0.938. The first-order valence-electron chi connectivity index (χ1n) is 5.94. The van der Waals surface area contributed by atoms with Crippen LogP contribution in [0.5, 0.6) is 0 Å². The van der Waals surface area contributed by atoms with Crippen molar-refractivity contribution in [2.75, 3.05) is 11.9 Å². The van der Waals surface area contributed by atoms with E-state index in [-0.39, 0.29) is 0 Å². The average Bonchev–Trinajstić information content (AvgIpc) is 2.41. The summed E-state index contributed by atoms with van der Waals surface area (Å²) in [6.07, 6.45) is 6.26. The van der Waals surface area contributed by atoms with E-state index in [2.05, 4.69) is 27.2 Å². The Labute approximate surface area is 111 Å². The van der Waals surface area contributed by atoms with Crippen LogP contribution >= 0.6 is 11.8 Å². The molecule has 2 aromatic heterocycles. The molecule has 0 spiro atoms. The maximum atomic E-state index is 4.33. The van der Waals surface area contributed by atoms with Gasteiger partial charge in [-0.3, -0.25) is 4.98 Å². The SMILES string of the molecule is CCCNc1ncnc(Sc2ccncc2)c1C. The first-order valence-corrected chi connectivity index (χ1v) is 6.76. The van der Waals surface area contributed by atoms with Crippen molar-refractivity contribution < 1.29 is 0 Å². The van der Waals surface area contributed by atoms with Crippen LogP contribution in [-0.2, 0) is 0 Å². The van der Waals surface area contributed by atoms with E-state index < -0.39 is 0 Å². The summed E-state index contributed by atoms with van der Waals surface area (Å²) < 4.78 is 0. The molecular weight excluding hydrogens is 244 g/mol. The molecule has 0 bridgehead atoms. The summed E-state index contributed by atoms with van der Waals surface area (Å²) in [5, 5.41) is 4.29. The van der Waals surface area contributed by atoms with Gasteiger partial charge in [-0.2, -0.15) is 0 Å². The third-order valence-corrected chi connectivity index (χ3v) is 3.56. The van der Waals surface area contributed by atoms with Crippen molar-refractivity contribution in [3.8, 4) is 0 Å². The summed E-state index contributed by atoms with van der Waals surface area (Å²) in [4.78, 5) is 13.7. The van der Waals surface area contributed by atoms with E-state index in [1.165, 1.54) is 0 Å². The lowest BCUT2D eigenvalue weighted by Crippen LogP contribution is -2.05. The fraction of sp³-hybridized carbons (Fsp3) is 0.308. The van der Waals surface area contributed by atoms with Crippen LogP contribution in [-0.4, -0.2) is 21.5 Å². The lowest BCUT2D eigenvalue weighted by atomic mass is 10.3. The number of nitrogens with one attached hydrogen (secondary N) is 1. The van der Waals surface area contributed by atoms with E-state index in [9.17, 15) is 0 Å². The van der Waals surface area contributed by atoms with E-state index >= 15 is 0 Å². The first-order chi connectivity index (χ1) is 8.81. The predicted molar refractivity (Wildman–Crippen MR) is 73.9 cm³/mol. The van der Waals surface area contributed by atoms with Gasteiger partial charge in [0.1, 0.15) is 17.2 Å². The summed E-state index contributed by atoms with van der Waals surface area (Å²) in [5.41, 5.74) is 1.09. The molecule has 0 fully saturated rings. The Balaban J connectivity index is 2.18. The van der Waals surface area contributed by atoms with Crippen molar-refractivity contribution >= 4 is 17.6 Å². The number of rotatable bonds is 5. The molecule has 2 heterocycles. The van der Waals surface area contributed by atoms with Crippen LogP contribution in [0.4, 0.5) is 5.82 Å². The minimum absolute atomic E-state index is 0.920. The molecule has 2 aromatic rings. The standard InChI is InChI=1S/C13H16N4S/c1-3-6-15-12-10(2)13(17-9-16-12)18-11-4-7-14-8-5-11/h4-5,7-9H,3,6H2,1-2H3,(H,15,16,17). The average molecular weight is 260 g/mol. The summed E-state index contributed by atoms with van der Waals surface area (Å²) in [6, 6.07) is 3.96. The van der Waals surface area contributed by atoms with Crippen LogP contribution in [0, 0.1) is 6.92 Å². The molecule has 94 valence electrons. The molecule has 0 saturated heterocycles. The van der Waals surface area contributed by atoms with Crippen LogP contribution in [0.2, 0.25) is 0 Å². The molecule has 18 heavy (non-hydrogen) atoms. The van der Waals surface area contributed by atoms with Crippen LogP contribution in [0.1, 0.15) is 18.9 Å². The highest BCUT2D eigenvalue weighted by Gasteiger charge is 2.07. The molecule has 0 aromatic carbocycles. The fourth-order valence-corrected chi connectivity index (χ4v) is 2.31. The van der Waals surface area contributed by atoms with Gasteiger partial charge in [-0.15, -0.1) is 0 Å². The molecule has 4 nitrogen and oxygen atoms in total. The van der Waals surface area contributed by atoms with Crippen LogP contribution in [0.15, 0.2) is 40.8 Å². The number of nitrogens with zero attached hydrogens (tertiary/aromatic N) is 3. The molecule has 0 aliphatic carbocycles. The molecule has 0 amide bonds. The highest BCUT2D eigenvalue weighted by Crippen LogP contribution is 2.29. The highest BCUT2D eigenvalue weighted by molar-refractivity contribution is 7.99. The second-order valence-corrected chi connectivity index (χ2v) is 4.93. The second kappa shape index (κ2) is 6.35. The lowest BCUT2D eigenvalue weighted by Gasteiger charge is -2.10. The molecule has 0 unspecified atom stereocenters. The second-order valence-electron chi connectivity index (χ2n) is 3.86. The quantitative estimate of drug-likeness (QED) is 0.837. The van der Waals surface area contributed by atoms with Gasteiger partial charge in [0, 0.05) is 29.4 Å². The third kappa shape index (κ3) is 3.20. The Hall–Kier alpha value is -1.62. The van der Waals surface area contributed by atoms with Crippen molar-refractivity contribution in [2.24, 2.45) is 0 Å². The molecule has 0 aliphatic rings. The smallest absolute Gasteiger partial charge is 0.133 e. The summed E-state index contributed by atoms with van der Waals surface area (Å²) in [7, 11) is 0. The van der Waals surface area contributed by atoms with Crippen LogP contribution in [0.25, 0.3) is 0 Å². The molecule has 0 atom stereocenters. The Morgan fingerprint density at radius 1 is 1.22 bits per heavy atom. The minimum Gasteiger partial charge on any atom is -0.370 e. The first kappa shape index (κ1) is 12.8. The van der Waals surface area contributed by atoms with Gasteiger partial charge in [0.15, 0.2) is 0 Å². The molecule has 1 N–H and O–H groups in total. The Morgan fingerprint density at radius 2 is 2.00 bits per heavy atom. The zero-order valence-corrected chi connectivity index (χ0v) is 11.4. The molecule has 2 rings (SSSR count). The predicted octanol–water partition coefficient (Wildman–Crippen LogP) is 3.15. The summed E-state index contributed by atoms with van der Waals surface area (Å²) >= 11 is 1.63. The molecule has 0 saturated carbocycles. The van der Waals surface area contributed by atoms with Crippen molar-refractivity contribution in [3.63, 3.8) is 0 Å². The number of hydrogen-bond donors (Lipinski definition) is 1. The van der Waals surface area contributed by atoms with Gasteiger partial charge >= 0.3 is 0 Å². The Kier molecular flexibility index (Phi) is 4.52. The van der Waals surface area contributed by atoms with Crippen molar-refractivity contribution in [2.45, 2.75) is 30.2 Å². The molecule has 0 aliphatic heterocycles. The Bertz CT molecular complexity index is 502. The summed E-state index contributed by atoms with van der Waals surface area (Å²) in [5.74, 6) is 0.920. The van der Waals surface area contributed by atoms with Gasteiger partial charge in [0.2, 0.25) is 0 Å². The van der Waals surface area contributed by atoms with E-state index in [1.54, 1.807) is 30.5 Å². The maximum Gasteiger partial charge on any atom is 0.133 e.